The van der Waals surface area contributed by atoms with Crippen molar-refractivity contribution >= 4 is 0 Å². The first-order valence-electron chi connectivity index (χ1n) is 0.418. The second kappa shape index (κ2) is 255. The molecule has 0 saturated carbocycles. The number of hydrogen-bond acceptors (Lipinski definition) is 3. The van der Waals surface area contributed by atoms with Gasteiger partial charge >= 0.3 is 0 Å². The fourth-order valence-corrected chi connectivity index (χ4v) is 0. The maximum Gasteiger partial charge on any atom is -0.141 e. The summed E-state index contributed by atoms with van der Waals surface area (Å²) in [5.41, 5.74) is 0. The summed E-state index contributed by atoms with van der Waals surface area (Å²) in [7, 11) is 0. The maximum atomic E-state index is 9.00. The lowest BCUT2D eigenvalue weighted by atomic mass is 13.8. The standard InChI is InChI=1S/FH2N.H2O2/c2*1-2/h2H2;1-2H. The van der Waals surface area contributed by atoms with Crippen LogP contribution in [0.4, 0.5) is 4.48 Å². The van der Waals surface area contributed by atoms with Crippen LogP contribution in [0.3, 0.4) is 0 Å². The van der Waals surface area contributed by atoms with Crippen molar-refractivity contribution in [3.05, 3.63) is 0 Å². The summed E-state index contributed by atoms with van der Waals surface area (Å²) >= 11 is 0. The second-order valence-electron chi connectivity index (χ2n) is 0. The van der Waals surface area contributed by atoms with E-state index in [1.807, 2.05) is 0 Å². The fourth-order valence-electron chi connectivity index (χ4n) is 0. The summed E-state index contributed by atoms with van der Waals surface area (Å²) in [5, 5.41) is 12.0. The molecule has 0 aliphatic carbocycles. The van der Waals surface area contributed by atoms with E-state index in [1.165, 1.54) is 0 Å². The van der Waals surface area contributed by atoms with Gasteiger partial charge in [0.2, 0.25) is 0 Å². The summed E-state index contributed by atoms with van der Waals surface area (Å²) in [6, 6.07) is 0. The minimum absolute atomic E-state index is 3.00. The van der Waals surface area contributed by atoms with Crippen LogP contribution in [0.15, 0.2) is 0 Å². The van der Waals surface area contributed by atoms with Gasteiger partial charge in [-0.2, -0.15) is 5.96 Å². The first-order chi connectivity index (χ1) is 2.00. The van der Waals surface area contributed by atoms with Crippen LogP contribution in [-0.2, 0) is 0 Å². The SMILES string of the molecule is NF.OO. The number of halogens is 1. The molecule has 0 aliphatic rings. The van der Waals surface area contributed by atoms with Gasteiger partial charge in [0.25, 0.3) is 0 Å². The van der Waals surface area contributed by atoms with Crippen molar-refractivity contribution in [3.8, 4) is 0 Å². The van der Waals surface area contributed by atoms with Crippen molar-refractivity contribution < 1.29 is 15.0 Å². The van der Waals surface area contributed by atoms with Crippen LogP contribution in [0.25, 0.3) is 0 Å². The molecule has 3 nitrogen and oxygen atoms in total. The fraction of sp³-hybridized carbons (Fsp3) is 0. The van der Waals surface area contributed by atoms with Crippen molar-refractivity contribution in [2.75, 3.05) is 0 Å². The van der Waals surface area contributed by atoms with Crippen LogP contribution in [0.2, 0.25) is 0 Å². The molecule has 0 spiro atoms. The minimum atomic E-state index is 3.00. The Morgan fingerprint density at radius 1 is 1.25 bits per heavy atom. The lowest BCUT2D eigenvalue weighted by Crippen LogP contribution is -1.53. The van der Waals surface area contributed by atoms with Gasteiger partial charge in [-0.05, 0) is 0 Å². The lowest BCUT2D eigenvalue weighted by Gasteiger charge is -1.25. The van der Waals surface area contributed by atoms with Gasteiger partial charge in [-0.3, -0.25) is 10.5 Å². The Kier molecular flexibility index (Phi) is 585. The molecule has 4 heteroatoms. The maximum absolute atomic E-state index is 9.00. The zero-order valence-corrected chi connectivity index (χ0v) is 1.85. The predicted molar refractivity (Wildman–Crippen MR) is 10.6 cm³/mol. The molecular formula is H4FNO2. The first kappa shape index (κ1) is 9.18. The highest BCUT2D eigenvalue weighted by Crippen LogP contribution is 0.933. The topological polar surface area (TPSA) is 66.5 Å². The van der Waals surface area contributed by atoms with Crippen LogP contribution < -0.4 is 5.96 Å². The Balaban J connectivity index is 0. The minimum Gasteiger partial charge on any atom is -0.255 e. The van der Waals surface area contributed by atoms with E-state index in [9.17, 15) is 0 Å². The molecule has 28 valence electrons. The molecule has 0 heterocycles. The van der Waals surface area contributed by atoms with Gasteiger partial charge < -0.3 is 0 Å². The quantitative estimate of drug-likeness (QED) is 0.210. The van der Waals surface area contributed by atoms with Crippen LogP contribution in [0.5, 0.6) is 0 Å². The van der Waals surface area contributed by atoms with E-state index in [1.54, 1.807) is 0 Å². The Morgan fingerprint density at radius 3 is 1.25 bits per heavy atom. The van der Waals surface area contributed by atoms with E-state index < -0.39 is 0 Å². The zero-order valence-electron chi connectivity index (χ0n) is 1.85. The molecule has 0 fully saturated rings. The van der Waals surface area contributed by atoms with Gasteiger partial charge in [-0.15, -0.1) is 4.48 Å². The molecular weight excluding hydrogens is 65.0 g/mol. The van der Waals surface area contributed by atoms with Gasteiger partial charge in [0, 0.05) is 0 Å². The van der Waals surface area contributed by atoms with Crippen molar-refractivity contribution in [2.45, 2.75) is 0 Å². The molecule has 0 amide bonds. The van der Waals surface area contributed by atoms with E-state index in [4.69, 9.17) is 15.0 Å². The normalized spacial score (nSPS) is 3.00. The van der Waals surface area contributed by atoms with Gasteiger partial charge in [0.1, 0.15) is 0 Å². The first-order valence-corrected chi connectivity index (χ1v) is 0.418. The van der Waals surface area contributed by atoms with E-state index in [-0.39, 0.29) is 0 Å². The summed E-state index contributed by atoms with van der Waals surface area (Å²) in [6.45, 7) is 0. The number of nitrogens with two attached hydrogens (primary N) is 1. The van der Waals surface area contributed by atoms with Crippen molar-refractivity contribution in [3.63, 3.8) is 0 Å². The Morgan fingerprint density at radius 2 is 1.25 bits per heavy atom. The van der Waals surface area contributed by atoms with Gasteiger partial charge in [0.05, 0.1) is 0 Å². The predicted octanol–water partition coefficient (Wildman–Crippen LogP) is -0.153. The molecule has 4 heavy (non-hydrogen) atoms. The molecule has 0 aromatic carbocycles. The van der Waals surface area contributed by atoms with Gasteiger partial charge in [-0.25, -0.2) is 0 Å². The monoisotopic (exact) mass is 69.0 g/mol. The van der Waals surface area contributed by atoms with Crippen molar-refractivity contribution in [1.82, 2.24) is 0 Å². The van der Waals surface area contributed by atoms with E-state index in [0.29, 0.717) is 0 Å². The van der Waals surface area contributed by atoms with Gasteiger partial charge in [-0.1, -0.05) is 0 Å². The molecule has 4 N–H and O–H groups in total. The third kappa shape index (κ3) is 32.9. The van der Waals surface area contributed by atoms with Crippen LogP contribution in [0, 0.1) is 0 Å². The van der Waals surface area contributed by atoms with E-state index >= 15 is 0 Å². The van der Waals surface area contributed by atoms with Crippen LogP contribution in [-0.4, -0.2) is 10.5 Å². The molecule has 0 unspecified atom stereocenters. The zero-order chi connectivity index (χ0) is 4.00. The van der Waals surface area contributed by atoms with Crippen molar-refractivity contribution in [2.24, 2.45) is 5.96 Å². The van der Waals surface area contributed by atoms with Gasteiger partial charge in [0.15, 0.2) is 0 Å². The van der Waals surface area contributed by atoms with Crippen LogP contribution >= 0.6 is 0 Å². The summed E-state index contributed by atoms with van der Waals surface area (Å²) < 4.78 is 9.00. The Bertz CT molecular complexity index is 6.00. The summed E-state index contributed by atoms with van der Waals surface area (Å²) in [4.78, 5) is 0. The largest absolute Gasteiger partial charge is 0.255 e. The van der Waals surface area contributed by atoms with E-state index in [0.717, 1.165) is 0 Å². The molecule has 0 atom stereocenters. The summed E-state index contributed by atoms with van der Waals surface area (Å²) in [6.07, 6.45) is 0. The highest BCUT2D eigenvalue weighted by molar-refractivity contribution is 2.84. The second-order valence-corrected chi connectivity index (χ2v) is 0. The number of hydrogen-bond donors (Lipinski definition) is 3. The molecule has 0 aliphatic heterocycles. The molecule has 0 saturated heterocycles. The molecule has 0 bridgehead atoms. The Labute approximate surface area is 22.3 Å². The van der Waals surface area contributed by atoms with E-state index in [2.05, 4.69) is 5.96 Å². The highest BCUT2D eigenvalue weighted by atomic mass is 19.2. The average Bonchev–Trinajstić information content (AvgIpc) is 1.50. The smallest absolute Gasteiger partial charge is 0.141 e. The molecule has 0 radical (unpaired) electrons. The average molecular weight is 69.0 g/mol. The highest BCUT2D eigenvalue weighted by Gasteiger charge is 0.844. The summed E-state index contributed by atoms with van der Waals surface area (Å²) in [5.74, 6) is 3.00. The molecule has 0 aromatic heterocycles. The molecule has 0 aromatic rings. The van der Waals surface area contributed by atoms with Crippen molar-refractivity contribution in [1.29, 1.82) is 0 Å². The Hall–Kier alpha value is -0.190. The third-order valence-corrected chi connectivity index (χ3v) is 0. The third-order valence-electron chi connectivity index (χ3n) is 0. The molecule has 0 rings (SSSR count). The van der Waals surface area contributed by atoms with Crippen LogP contribution in [0.1, 0.15) is 0 Å². The lowest BCUT2D eigenvalue weighted by molar-refractivity contribution is -0.176. The number of rotatable bonds is 0.